The van der Waals surface area contributed by atoms with Crippen LogP contribution in [0.3, 0.4) is 0 Å². The number of rotatable bonds is 7. The van der Waals surface area contributed by atoms with E-state index in [2.05, 4.69) is 11.9 Å². The van der Waals surface area contributed by atoms with Gasteiger partial charge in [0.15, 0.2) is 17.3 Å². The van der Waals surface area contributed by atoms with Gasteiger partial charge in [0.2, 0.25) is 0 Å². The van der Waals surface area contributed by atoms with E-state index in [0.29, 0.717) is 42.0 Å². The van der Waals surface area contributed by atoms with Crippen LogP contribution in [0.25, 0.3) is 0 Å². The van der Waals surface area contributed by atoms with Crippen LogP contribution in [0.4, 0.5) is 0 Å². The van der Waals surface area contributed by atoms with Gasteiger partial charge in [0.05, 0.1) is 20.3 Å². The number of ketones is 1. The van der Waals surface area contributed by atoms with Crippen LogP contribution in [0.1, 0.15) is 49.7 Å². The average Bonchev–Trinajstić information content (AvgIpc) is 2.84. The van der Waals surface area contributed by atoms with E-state index in [0.717, 1.165) is 17.0 Å². The van der Waals surface area contributed by atoms with Crippen molar-refractivity contribution in [3.05, 3.63) is 77.1 Å². The van der Waals surface area contributed by atoms with E-state index in [1.807, 2.05) is 31.2 Å². The predicted molar refractivity (Wildman–Crippen MR) is 131 cm³/mol. The Bertz CT molecular complexity index is 1170. The molecule has 0 radical (unpaired) electrons. The number of hydrogen-bond acceptors (Lipinski definition) is 7. The zero-order chi connectivity index (χ0) is 25.1. The maximum Gasteiger partial charge on any atom is 0.315 e. The Morgan fingerprint density at radius 3 is 2.46 bits per heavy atom. The second-order valence-electron chi connectivity index (χ2n) is 8.71. The van der Waals surface area contributed by atoms with Gasteiger partial charge in [-0.2, -0.15) is 0 Å². The number of Topliss-reactive ketones (excluding diaryl/α,β-unsaturated/α-hetero) is 1. The number of esters is 1. The van der Waals surface area contributed by atoms with Crippen molar-refractivity contribution in [2.45, 2.75) is 38.5 Å². The normalized spacial score (nSPS) is 21.7. The summed E-state index contributed by atoms with van der Waals surface area (Å²) >= 11 is 0. The van der Waals surface area contributed by atoms with Crippen LogP contribution in [-0.2, 0) is 14.3 Å². The number of hydrogen-bond donors (Lipinski definition) is 2. The number of phenols is 1. The monoisotopic (exact) mass is 477 g/mol. The van der Waals surface area contributed by atoms with Gasteiger partial charge in [-0.1, -0.05) is 24.8 Å². The second kappa shape index (κ2) is 10.3. The summed E-state index contributed by atoms with van der Waals surface area (Å²) in [6.07, 6.45) is 0.927. The summed E-state index contributed by atoms with van der Waals surface area (Å²) in [4.78, 5) is 26.7. The van der Waals surface area contributed by atoms with E-state index in [4.69, 9.17) is 14.2 Å². The van der Waals surface area contributed by atoms with Gasteiger partial charge < -0.3 is 24.6 Å². The van der Waals surface area contributed by atoms with Crippen LogP contribution in [-0.4, -0.2) is 37.2 Å². The summed E-state index contributed by atoms with van der Waals surface area (Å²) < 4.78 is 16.2. The minimum absolute atomic E-state index is 0.000195. The van der Waals surface area contributed by atoms with E-state index in [-0.39, 0.29) is 24.1 Å². The summed E-state index contributed by atoms with van der Waals surface area (Å²) in [5.74, 6) is -0.801. The lowest BCUT2D eigenvalue weighted by Crippen LogP contribution is -2.42. The molecule has 4 rings (SSSR count). The molecule has 0 fully saturated rings. The van der Waals surface area contributed by atoms with Crippen molar-refractivity contribution >= 4 is 11.8 Å². The standard InChI is InChI=1S/C28H31NO6/c1-5-34-24-15-18(9-12-22(24)30)26-25(28(32)35-6-2)16(3)29-21-13-19(14-23(31)27(21)26)17-7-10-20(33-4)11-8-17/h7-12,15,19,25-26,29-30H,3,5-6,13-14H2,1-2,4H3. The van der Waals surface area contributed by atoms with Gasteiger partial charge in [0, 0.05) is 29.3 Å². The van der Waals surface area contributed by atoms with Gasteiger partial charge in [-0.3, -0.25) is 9.59 Å². The van der Waals surface area contributed by atoms with Crippen LogP contribution >= 0.6 is 0 Å². The van der Waals surface area contributed by atoms with Gasteiger partial charge >= 0.3 is 5.97 Å². The highest BCUT2D eigenvalue weighted by Crippen LogP contribution is 2.48. The number of allylic oxidation sites excluding steroid dienone is 2. The highest BCUT2D eigenvalue weighted by molar-refractivity contribution is 6.01. The Kier molecular flexibility index (Phi) is 7.15. The van der Waals surface area contributed by atoms with Crippen molar-refractivity contribution in [2.24, 2.45) is 5.92 Å². The number of carbonyl (C=O) groups excluding carboxylic acids is 2. The second-order valence-corrected chi connectivity index (χ2v) is 8.71. The molecule has 2 aromatic carbocycles. The first kappa shape index (κ1) is 24.4. The first-order valence-corrected chi connectivity index (χ1v) is 11.9. The number of benzene rings is 2. The first-order valence-electron chi connectivity index (χ1n) is 11.9. The number of carbonyl (C=O) groups is 2. The summed E-state index contributed by atoms with van der Waals surface area (Å²) in [5, 5.41) is 13.5. The van der Waals surface area contributed by atoms with Crippen molar-refractivity contribution in [3.8, 4) is 17.2 Å². The van der Waals surface area contributed by atoms with Gasteiger partial charge in [-0.05, 0) is 61.6 Å². The molecule has 1 heterocycles. The smallest absolute Gasteiger partial charge is 0.315 e. The average molecular weight is 478 g/mol. The fourth-order valence-electron chi connectivity index (χ4n) is 5.03. The van der Waals surface area contributed by atoms with Crippen molar-refractivity contribution in [1.82, 2.24) is 5.32 Å². The van der Waals surface area contributed by atoms with Crippen LogP contribution < -0.4 is 14.8 Å². The van der Waals surface area contributed by atoms with E-state index in [1.165, 1.54) is 6.07 Å². The van der Waals surface area contributed by atoms with Crippen LogP contribution in [0, 0.1) is 5.92 Å². The Morgan fingerprint density at radius 2 is 1.80 bits per heavy atom. The molecular formula is C28H31NO6. The minimum atomic E-state index is -0.783. The molecule has 2 aliphatic rings. The summed E-state index contributed by atoms with van der Waals surface area (Å²) in [5.41, 5.74) is 3.56. The zero-order valence-electron chi connectivity index (χ0n) is 20.3. The molecule has 1 aliphatic carbocycles. The number of methoxy groups -OCH3 is 1. The lowest BCUT2D eigenvalue weighted by Gasteiger charge is -2.40. The molecule has 7 nitrogen and oxygen atoms in total. The van der Waals surface area contributed by atoms with E-state index in [9.17, 15) is 14.7 Å². The Balaban J connectivity index is 1.79. The molecular weight excluding hydrogens is 446 g/mol. The summed E-state index contributed by atoms with van der Waals surface area (Å²) in [6.45, 7) is 8.29. The molecule has 3 atom stereocenters. The quantitative estimate of drug-likeness (QED) is 0.564. The fourth-order valence-corrected chi connectivity index (χ4v) is 5.03. The molecule has 0 saturated heterocycles. The first-order chi connectivity index (χ1) is 16.9. The Morgan fingerprint density at radius 1 is 1.09 bits per heavy atom. The molecule has 35 heavy (non-hydrogen) atoms. The minimum Gasteiger partial charge on any atom is -0.504 e. The predicted octanol–water partition coefficient (Wildman–Crippen LogP) is 4.58. The van der Waals surface area contributed by atoms with Crippen molar-refractivity contribution in [2.75, 3.05) is 20.3 Å². The number of aromatic hydroxyl groups is 1. The molecule has 0 spiro atoms. The lowest BCUT2D eigenvalue weighted by molar-refractivity contribution is -0.147. The molecule has 0 bridgehead atoms. The molecule has 184 valence electrons. The van der Waals surface area contributed by atoms with Gasteiger partial charge in [0.1, 0.15) is 11.7 Å². The number of nitrogens with one attached hydrogen (secondary N) is 1. The van der Waals surface area contributed by atoms with E-state index in [1.54, 1.807) is 26.2 Å². The zero-order valence-corrected chi connectivity index (χ0v) is 20.3. The largest absolute Gasteiger partial charge is 0.504 e. The summed E-state index contributed by atoms with van der Waals surface area (Å²) in [6, 6.07) is 12.7. The molecule has 7 heteroatoms. The van der Waals surface area contributed by atoms with Crippen LogP contribution in [0.15, 0.2) is 66.0 Å². The molecule has 0 amide bonds. The fraction of sp³-hybridized carbons (Fsp3) is 0.357. The lowest BCUT2D eigenvalue weighted by atomic mass is 9.69. The van der Waals surface area contributed by atoms with Crippen molar-refractivity contribution in [1.29, 1.82) is 0 Å². The topological polar surface area (TPSA) is 94.1 Å². The molecule has 3 unspecified atom stereocenters. The van der Waals surface area contributed by atoms with Crippen LogP contribution in [0.5, 0.6) is 17.2 Å². The van der Waals surface area contributed by atoms with E-state index < -0.39 is 17.8 Å². The third kappa shape index (κ3) is 4.76. The Labute approximate surface area is 205 Å². The maximum atomic E-state index is 13.6. The summed E-state index contributed by atoms with van der Waals surface area (Å²) in [7, 11) is 1.62. The Hall–Kier alpha value is -3.74. The van der Waals surface area contributed by atoms with Crippen LogP contribution in [0.2, 0.25) is 0 Å². The third-order valence-corrected chi connectivity index (χ3v) is 6.61. The molecule has 0 aromatic heterocycles. The molecule has 0 saturated carbocycles. The molecule has 2 aromatic rings. The number of ether oxygens (including phenoxy) is 3. The third-order valence-electron chi connectivity index (χ3n) is 6.61. The van der Waals surface area contributed by atoms with E-state index >= 15 is 0 Å². The van der Waals surface area contributed by atoms with Crippen molar-refractivity contribution in [3.63, 3.8) is 0 Å². The maximum absolute atomic E-state index is 13.6. The molecule has 1 aliphatic heterocycles. The number of phenolic OH excluding ortho intramolecular Hbond substituents is 1. The highest BCUT2D eigenvalue weighted by atomic mass is 16.5. The van der Waals surface area contributed by atoms with Gasteiger partial charge in [0.25, 0.3) is 0 Å². The highest BCUT2D eigenvalue weighted by Gasteiger charge is 2.45. The van der Waals surface area contributed by atoms with Gasteiger partial charge in [-0.15, -0.1) is 0 Å². The van der Waals surface area contributed by atoms with Gasteiger partial charge in [-0.25, -0.2) is 0 Å². The van der Waals surface area contributed by atoms with Crippen molar-refractivity contribution < 1.29 is 28.9 Å². The SMILES string of the molecule is C=C1NC2=C(C(=O)CC(c3ccc(OC)cc3)C2)C(c2ccc(O)c(OCC)c2)C1C(=O)OCC. The molecule has 2 N–H and O–H groups in total.